The first-order valence-electron chi connectivity index (χ1n) is 5.90. The number of amides is 1. The van der Waals surface area contributed by atoms with E-state index in [1.165, 1.54) is 18.2 Å². The third-order valence-electron chi connectivity index (χ3n) is 2.83. The fourth-order valence-electron chi connectivity index (χ4n) is 1.70. The Hall–Kier alpha value is -1.92. The largest absolute Gasteiger partial charge is 0.321 e. The first kappa shape index (κ1) is 15.5. The van der Waals surface area contributed by atoms with Gasteiger partial charge in [0.25, 0.3) is 11.6 Å². The maximum atomic E-state index is 12.1. The van der Waals surface area contributed by atoms with Gasteiger partial charge in [0.1, 0.15) is 0 Å². The van der Waals surface area contributed by atoms with Crippen LogP contribution < -0.4 is 5.32 Å². The van der Waals surface area contributed by atoms with Gasteiger partial charge in [0, 0.05) is 22.2 Å². The second-order valence-corrected chi connectivity index (χ2v) is 5.60. The van der Waals surface area contributed by atoms with E-state index < -0.39 is 4.92 Å². The Labute approximate surface area is 134 Å². The van der Waals surface area contributed by atoms with E-state index in [9.17, 15) is 14.9 Å². The molecular weight excluding hydrogens is 360 g/mol. The highest BCUT2D eigenvalue weighted by Gasteiger charge is 2.13. The third kappa shape index (κ3) is 3.59. The van der Waals surface area contributed by atoms with Crippen LogP contribution in [0, 0.1) is 17.0 Å². The van der Waals surface area contributed by atoms with Gasteiger partial charge in [-0.2, -0.15) is 0 Å². The van der Waals surface area contributed by atoms with Gasteiger partial charge in [-0.25, -0.2) is 0 Å². The summed E-state index contributed by atoms with van der Waals surface area (Å²) < 4.78 is 0.910. The van der Waals surface area contributed by atoms with Crippen molar-refractivity contribution in [1.82, 2.24) is 0 Å². The summed E-state index contributed by atoms with van der Waals surface area (Å²) in [4.78, 5) is 22.2. The molecule has 0 saturated carbocycles. The van der Waals surface area contributed by atoms with Crippen molar-refractivity contribution >= 4 is 44.8 Å². The van der Waals surface area contributed by atoms with E-state index in [0.29, 0.717) is 11.3 Å². The number of carbonyl (C=O) groups excluding carboxylic acids is 1. The number of anilines is 1. The highest BCUT2D eigenvalue weighted by atomic mass is 79.9. The Bertz CT molecular complexity index is 734. The average molecular weight is 370 g/mol. The minimum Gasteiger partial charge on any atom is -0.321 e. The van der Waals surface area contributed by atoms with Crippen LogP contribution in [0.2, 0.25) is 5.02 Å². The number of nitro groups is 1. The molecule has 0 aliphatic heterocycles. The van der Waals surface area contributed by atoms with Gasteiger partial charge in [-0.05, 0) is 36.8 Å². The first-order chi connectivity index (χ1) is 9.88. The zero-order valence-electron chi connectivity index (χ0n) is 10.9. The molecule has 0 heterocycles. The van der Waals surface area contributed by atoms with E-state index in [4.69, 9.17) is 11.6 Å². The van der Waals surface area contributed by atoms with Crippen LogP contribution in [0.15, 0.2) is 40.9 Å². The van der Waals surface area contributed by atoms with Crippen LogP contribution in [0.4, 0.5) is 11.4 Å². The second-order valence-electron chi connectivity index (χ2n) is 4.34. The van der Waals surface area contributed by atoms with Crippen LogP contribution in [0.5, 0.6) is 0 Å². The maximum absolute atomic E-state index is 12.1. The van der Waals surface area contributed by atoms with E-state index in [2.05, 4.69) is 21.2 Å². The van der Waals surface area contributed by atoms with Gasteiger partial charge in [-0.15, -0.1) is 0 Å². The van der Waals surface area contributed by atoms with Crippen molar-refractivity contribution in [3.05, 3.63) is 67.1 Å². The predicted molar refractivity (Wildman–Crippen MR) is 84.9 cm³/mol. The van der Waals surface area contributed by atoms with Gasteiger partial charge in [0.15, 0.2) is 0 Å². The number of benzene rings is 2. The van der Waals surface area contributed by atoms with E-state index >= 15 is 0 Å². The molecule has 0 spiro atoms. The fourth-order valence-corrected chi connectivity index (χ4v) is 2.17. The monoisotopic (exact) mass is 368 g/mol. The quantitative estimate of drug-likeness (QED) is 0.636. The van der Waals surface area contributed by atoms with Crippen molar-refractivity contribution in [3.63, 3.8) is 0 Å². The molecule has 0 atom stereocenters. The predicted octanol–water partition coefficient (Wildman–Crippen LogP) is 4.57. The third-order valence-corrected chi connectivity index (χ3v) is 4.03. The minimum absolute atomic E-state index is 0.117. The number of nitrogens with one attached hydrogen (secondary N) is 1. The number of rotatable bonds is 3. The Morgan fingerprint density at radius 2 is 2.00 bits per heavy atom. The van der Waals surface area contributed by atoms with Crippen molar-refractivity contribution < 1.29 is 9.72 Å². The Balaban J connectivity index is 2.23. The normalized spacial score (nSPS) is 10.2. The smallest absolute Gasteiger partial charge is 0.271 e. The molecule has 1 N–H and O–H groups in total. The summed E-state index contributed by atoms with van der Waals surface area (Å²) in [5.41, 5.74) is 1.60. The van der Waals surface area contributed by atoms with Crippen molar-refractivity contribution in [2.24, 2.45) is 0 Å². The van der Waals surface area contributed by atoms with E-state index in [0.717, 1.165) is 10.0 Å². The van der Waals surface area contributed by atoms with Crippen molar-refractivity contribution in [2.75, 3.05) is 5.32 Å². The summed E-state index contributed by atoms with van der Waals surface area (Å²) in [6, 6.07) is 9.08. The molecule has 0 saturated heterocycles. The van der Waals surface area contributed by atoms with Crippen LogP contribution in [0.1, 0.15) is 15.9 Å². The maximum Gasteiger partial charge on any atom is 0.271 e. The number of hydrogen-bond donors (Lipinski definition) is 1. The number of hydrogen-bond acceptors (Lipinski definition) is 3. The van der Waals surface area contributed by atoms with Gasteiger partial charge in [-0.3, -0.25) is 14.9 Å². The molecule has 2 aromatic carbocycles. The van der Waals surface area contributed by atoms with Crippen molar-refractivity contribution in [1.29, 1.82) is 0 Å². The molecule has 1 amide bonds. The molecule has 5 nitrogen and oxygen atoms in total. The SMILES string of the molecule is Cc1cc(C(=O)Nc2ccc([N+](=O)[O-])cc2Cl)ccc1Br. The topological polar surface area (TPSA) is 72.2 Å². The summed E-state index contributed by atoms with van der Waals surface area (Å²) >= 11 is 9.30. The van der Waals surface area contributed by atoms with Gasteiger partial charge < -0.3 is 5.32 Å². The summed E-state index contributed by atoms with van der Waals surface area (Å²) in [7, 11) is 0. The zero-order valence-corrected chi connectivity index (χ0v) is 13.2. The lowest BCUT2D eigenvalue weighted by Crippen LogP contribution is -2.12. The molecule has 7 heteroatoms. The Kier molecular flexibility index (Phi) is 4.59. The molecule has 0 aliphatic rings. The number of halogens is 2. The lowest BCUT2D eigenvalue weighted by molar-refractivity contribution is -0.384. The number of nitrogens with zero attached hydrogens (tertiary/aromatic N) is 1. The van der Waals surface area contributed by atoms with Crippen molar-refractivity contribution in [2.45, 2.75) is 6.92 Å². The molecule has 0 aliphatic carbocycles. The molecule has 2 aromatic rings. The Morgan fingerprint density at radius 3 is 2.57 bits per heavy atom. The molecule has 0 unspecified atom stereocenters. The molecule has 0 radical (unpaired) electrons. The van der Waals surface area contributed by atoms with Gasteiger partial charge in [0.05, 0.1) is 15.6 Å². The molecule has 0 fully saturated rings. The molecule has 0 aromatic heterocycles. The van der Waals surface area contributed by atoms with E-state index in [-0.39, 0.29) is 16.6 Å². The molecule has 21 heavy (non-hydrogen) atoms. The molecule has 0 bridgehead atoms. The zero-order chi connectivity index (χ0) is 15.6. The van der Waals surface area contributed by atoms with Crippen molar-refractivity contribution in [3.8, 4) is 0 Å². The summed E-state index contributed by atoms with van der Waals surface area (Å²) in [5, 5.41) is 13.4. The highest BCUT2D eigenvalue weighted by molar-refractivity contribution is 9.10. The summed E-state index contributed by atoms with van der Waals surface area (Å²) in [6.45, 7) is 1.87. The van der Waals surface area contributed by atoms with Gasteiger partial charge in [0.2, 0.25) is 0 Å². The lowest BCUT2D eigenvalue weighted by Gasteiger charge is -2.08. The van der Waals surface area contributed by atoms with E-state index in [1.807, 2.05) is 6.92 Å². The summed E-state index contributed by atoms with van der Waals surface area (Å²) in [5.74, 6) is -0.332. The standard InChI is InChI=1S/C14H10BrClN2O3/c1-8-6-9(2-4-11(8)15)14(19)17-13-5-3-10(18(20)21)7-12(13)16/h2-7H,1H3,(H,17,19). The van der Waals surface area contributed by atoms with Crippen LogP contribution >= 0.6 is 27.5 Å². The highest BCUT2D eigenvalue weighted by Crippen LogP contribution is 2.27. The number of carbonyl (C=O) groups is 1. The number of nitro benzene ring substituents is 1. The number of aryl methyl sites for hydroxylation is 1. The Morgan fingerprint density at radius 1 is 1.29 bits per heavy atom. The molecular formula is C14H10BrClN2O3. The van der Waals surface area contributed by atoms with E-state index in [1.54, 1.807) is 18.2 Å². The summed E-state index contributed by atoms with van der Waals surface area (Å²) in [6.07, 6.45) is 0. The molecule has 2 rings (SSSR count). The number of non-ortho nitro benzene ring substituents is 1. The van der Waals surface area contributed by atoms with Gasteiger partial charge in [-0.1, -0.05) is 27.5 Å². The second kappa shape index (κ2) is 6.24. The first-order valence-corrected chi connectivity index (χ1v) is 7.07. The fraction of sp³-hybridized carbons (Fsp3) is 0.0714. The van der Waals surface area contributed by atoms with Crippen LogP contribution in [0.25, 0.3) is 0 Å². The van der Waals surface area contributed by atoms with Crippen LogP contribution in [-0.2, 0) is 0 Å². The minimum atomic E-state index is -0.546. The molecule has 108 valence electrons. The lowest BCUT2D eigenvalue weighted by atomic mass is 10.1. The average Bonchev–Trinajstić information content (AvgIpc) is 2.43. The van der Waals surface area contributed by atoms with Crippen LogP contribution in [0.3, 0.4) is 0 Å². The van der Waals surface area contributed by atoms with Gasteiger partial charge >= 0.3 is 0 Å². The van der Waals surface area contributed by atoms with Crippen LogP contribution in [-0.4, -0.2) is 10.8 Å².